The van der Waals surface area contributed by atoms with Gasteiger partial charge in [-0.2, -0.15) is 0 Å². The Bertz CT molecular complexity index is 1690. The van der Waals surface area contributed by atoms with Crippen LogP contribution in [0.5, 0.6) is 5.75 Å². The molecule has 4 bridgehead atoms. The van der Waals surface area contributed by atoms with Crippen molar-refractivity contribution < 1.29 is 19.1 Å². The van der Waals surface area contributed by atoms with Gasteiger partial charge in [0.05, 0.1) is 30.9 Å². The number of para-hydroxylation sites is 2. The number of hydrogen-bond acceptors (Lipinski definition) is 5. The Balaban J connectivity index is 1.33. The van der Waals surface area contributed by atoms with E-state index in [-0.39, 0.29) is 30.3 Å². The van der Waals surface area contributed by atoms with Gasteiger partial charge in [-0.1, -0.05) is 40.2 Å². The first-order valence-electron chi connectivity index (χ1n) is 16.5. The largest absolute Gasteiger partial charge is 0.496 e. The van der Waals surface area contributed by atoms with E-state index in [2.05, 4.69) is 21.2 Å². The number of benzene rings is 3. The van der Waals surface area contributed by atoms with Crippen LogP contribution < -0.4 is 25.6 Å². The fourth-order valence-corrected chi connectivity index (χ4v) is 10.0. The number of carbonyl (C=O) groups is 3. The molecule has 3 amide bonds. The maximum absolute atomic E-state index is 14.9. The van der Waals surface area contributed by atoms with Crippen molar-refractivity contribution >= 4 is 55.8 Å². The summed E-state index contributed by atoms with van der Waals surface area (Å²) in [5.74, 6) is 0.992. The third-order valence-electron chi connectivity index (χ3n) is 11.7. The van der Waals surface area contributed by atoms with Crippen LogP contribution in [0.3, 0.4) is 0 Å². The molecule has 3 aromatic carbocycles. The van der Waals surface area contributed by atoms with Crippen molar-refractivity contribution in [1.29, 1.82) is 0 Å². The molecule has 8 rings (SSSR count). The normalized spacial score (nSPS) is 28.1. The molecule has 46 heavy (non-hydrogen) atoms. The molecule has 8 nitrogen and oxygen atoms in total. The molecule has 4 saturated carbocycles. The van der Waals surface area contributed by atoms with Crippen LogP contribution in [-0.2, 0) is 20.9 Å². The fraction of sp³-hybridized carbons (Fsp3) is 0.486. The molecule has 0 aromatic heterocycles. The number of amides is 3. The van der Waals surface area contributed by atoms with Crippen molar-refractivity contribution in [3.63, 3.8) is 0 Å². The molecular weight excluding hydrogens is 644 g/mol. The van der Waals surface area contributed by atoms with Crippen LogP contribution >= 0.6 is 15.9 Å². The van der Waals surface area contributed by atoms with Crippen LogP contribution in [-0.4, -0.2) is 44.0 Å². The number of ether oxygens (including phenoxy) is 1. The lowest BCUT2D eigenvalue weighted by Crippen LogP contribution is -2.63. The van der Waals surface area contributed by atoms with Crippen molar-refractivity contribution in [2.45, 2.75) is 64.0 Å². The Morgan fingerprint density at radius 2 is 1.67 bits per heavy atom. The number of nitrogens with one attached hydrogen (secondary N) is 1. The number of rotatable bonds is 8. The minimum Gasteiger partial charge on any atom is -0.496 e. The van der Waals surface area contributed by atoms with Crippen LogP contribution in [0.15, 0.2) is 59.1 Å². The summed E-state index contributed by atoms with van der Waals surface area (Å²) in [6.07, 6.45) is 7.71. The summed E-state index contributed by atoms with van der Waals surface area (Å²) in [6, 6.07) is 17.6. The smallest absolute Gasteiger partial charge is 0.238 e. The minimum absolute atomic E-state index is 0.0181. The van der Waals surface area contributed by atoms with Crippen molar-refractivity contribution in [2.24, 2.45) is 34.8 Å². The summed E-state index contributed by atoms with van der Waals surface area (Å²) in [7, 11) is 3.27. The first kappa shape index (κ1) is 31.2. The van der Waals surface area contributed by atoms with Gasteiger partial charge in [0.15, 0.2) is 0 Å². The first-order valence-corrected chi connectivity index (χ1v) is 17.3. The van der Waals surface area contributed by atoms with Gasteiger partial charge in [-0.05, 0) is 117 Å². The Morgan fingerprint density at radius 1 is 1.02 bits per heavy atom. The zero-order valence-electron chi connectivity index (χ0n) is 26.9. The van der Waals surface area contributed by atoms with Gasteiger partial charge < -0.3 is 25.6 Å². The molecule has 0 saturated heterocycles. The predicted octanol–water partition coefficient (Wildman–Crippen LogP) is 6.18. The van der Waals surface area contributed by atoms with Crippen LogP contribution in [0, 0.1) is 29.1 Å². The summed E-state index contributed by atoms with van der Waals surface area (Å²) < 4.78 is 6.78. The molecule has 5 aliphatic rings. The summed E-state index contributed by atoms with van der Waals surface area (Å²) in [5, 5.41) is 5.03. The number of likely N-dealkylation sites (N-methyl/N-ethyl adjacent to an activating group) is 1. The molecule has 2 atom stereocenters. The highest BCUT2D eigenvalue weighted by Gasteiger charge is 2.53. The van der Waals surface area contributed by atoms with E-state index in [9.17, 15) is 14.4 Å². The lowest BCUT2D eigenvalue weighted by atomic mass is 9.49. The van der Waals surface area contributed by atoms with E-state index in [0.717, 1.165) is 57.8 Å². The van der Waals surface area contributed by atoms with Crippen molar-refractivity contribution in [3.8, 4) is 5.75 Å². The van der Waals surface area contributed by atoms with E-state index in [1.165, 1.54) is 19.3 Å². The molecule has 1 unspecified atom stereocenters. The quantitative estimate of drug-likeness (QED) is 0.295. The topological polar surface area (TPSA) is 105 Å². The lowest BCUT2D eigenvalue weighted by Gasteiger charge is -2.57. The number of halogens is 1. The monoisotopic (exact) mass is 686 g/mol. The molecule has 242 valence electrons. The van der Waals surface area contributed by atoms with Gasteiger partial charge in [-0.15, -0.1) is 0 Å². The van der Waals surface area contributed by atoms with Crippen LogP contribution in [0.4, 0.5) is 11.4 Å². The highest BCUT2D eigenvalue weighted by atomic mass is 79.9. The maximum Gasteiger partial charge on any atom is 0.238 e. The van der Waals surface area contributed by atoms with Crippen LogP contribution in [0.2, 0.25) is 0 Å². The van der Waals surface area contributed by atoms with Crippen molar-refractivity contribution in [1.82, 2.24) is 5.32 Å². The van der Waals surface area contributed by atoms with Crippen LogP contribution in [0.1, 0.15) is 57.4 Å². The second-order valence-corrected chi connectivity index (χ2v) is 15.4. The Kier molecular flexibility index (Phi) is 7.91. The molecule has 3 N–H and O–H groups in total. The number of hydrogen-bond donors (Lipinski definition) is 2. The molecule has 0 spiro atoms. The first-order chi connectivity index (χ1) is 22.0. The minimum atomic E-state index is -1.40. The van der Waals surface area contributed by atoms with Gasteiger partial charge in [-0.3, -0.25) is 14.4 Å². The Labute approximate surface area is 279 Å². The Hall–Kier alpha value is -3.43. The highest BCUT2D eigenvalue weighted by Crippen LogP contribution is 2.61. The van der Waals surface area contributed by atoms with Crippen molar-refractivity contribution in [3.05, 3.63) is 64.6 Å². The average molecular weight is 688 g/mol. The number of primary amides is 1. The van der Waals surface area contributed by atoms with Crippen LogP contribution in [0.25, 0.3) is 10.8 Å². The van der Waals surface area contributed by atoms with Gasteiger partial charge in [-0.25, -0.2) is 0 Å². The van der Waals surface area contributed by atoms with E-state index in [4.69, 9.17) is 10.5 Å². The molecule has 9 heteroatoms. The molecule has 0 radical (unpaired) electrons. The number of carbonyl (C=O) groups excluding carboxylic acids is 3. The van der Waals surface area contributed by atoms with E-state index in [1.54, 1.807) is 30.9 Å². The molecule has 3 aromatic rings. The maximum atomic E-state index is 14.9. The summed E-state index contributed by atoms with van der Waals surface area (Å²) in [4.78, 5) is 46.1. The van der Waals surface area contributed by atoms with E-state index >= 15 is 0 Å². The predicted molar refractivity (Wildman–Crippen MR) is 184 cm³/mol. The molecular formula is C37H43BrN4O4. The summed E-state index contributed by atoms with van der Waals surface area (Å²) in [5.41, 5.74) is 6.79. The van der Waals surface area contributed by atoms with Crippen molar-refractivity contribution in [2.75, 3.05) is 30.5 Å². The highest BCUT2D eigenvalue weighted by molar-refractivity contribution is 9.10. The zero-order valence-corrected chi connectivity index (χ0v) is 28.4. The Morgan fingerprint density at radius 3 is 2.28 bits per heavy atom. The third-order valence-corrected chi connectivity index (χ3v) is 12.2. The standard InChI is InChI=1S/C37H43BrN4O4/c1-36(40-2,35(39)45)29-21-41(33(43)19-37-16-22-12-23(17-37)14-24(13-22)18-37)30-6-4-5-7-31(30)42(34(29)44)20-28-27-10-9-26(38)15-25(27)8-11-32(28)46-3/h4-11,15,22-24,29,40H,12-14,16-21H2,1-3H3,(H2,39,45)/t22?,23?,24?,29-,36?,37?/m1/s1. The van der Waals surface area contributed by atoms with E-state index in [1.807, 2.05) is 54.6 Å². The van der Waals surface area contributed by atoms with E-state index in [0.29, 0.717) is 23.5 Å². The number of nitrogens with two attached hydrogens (primary N) is 1. The van der Waals surface area contributed by atoms with E-state index < -0.39 is 17.4 Å². The summed E-state index contributed by atoms with van der Waals surface area (Å²) >= 11 is 3.58. The van der Waals surface area contributed by atoms with Gasteiger partial charge in [0.25, 0.3) is 0 Å². The lowest BCUT2D eigenvalue weighted by molar-refractivity contribution is -0.134. The molecule has 1 aliphatic heterocycles. The molecule has 4 aliphatic carbocycles. The fourth-order valence-electron chi connectivity index (χ4n) is 9.66. The number of nitrogens with zero attached hydrogens (tertiary/aromatic N) is 2. The second kappa shape index (κ2) is 11.7. The summed E-state index contributed by atoms with van der Waals surface area (Å²) in [6.45, 7) is 1.91. The molecule has 4 fully saturated rings. The average Bonchev–Trinajstić information content (AvgIpc) is 3.14. The number of methoxy groups -OCH3 is 1. The van der Waals surface area contributed by atoms with Gasteiger partial charge >= 0.3 is 0 Å². The second-order valence-electron chi connectivity index (χ2n) is 14.5. The SMILES string of the molecule is CNC(C)(C(N)=O)[C@@H]1CN(C(=O)CC23CC4CC(CC(C4)C2)C3)c2ccccc2N(Cc2c(OC)ccc3cc(Br)ccc23)C1=O. The zero-order chi connectivity index (χ0) is 32.4. The van der Waals surface area contributed by atoms with Gasteiger partial charge in [0.2, 0.25) is 17.7 Å². The third kappa shape index (κ3) is 5.20. The number of fused-ring (bicyclic) bond motifs is 2. The van der Waals surface area contributed by atoms with Gasteiger partial charge in [0.1, 0.15) is 11.3 Å². The van der Waals surface area contributed by atoms with Gasteiger partial charge in [0, 0.05) is 23.0 Å². The molecule has 1 heterocycles. The number of anilines is 2.